The Hall–Kier alpha value is -1.56. The second-order valence-corrected chi connectivity index (χ2v) is 7.35. The average molecular weight is 367 g/mol. The molecule has 1 aliphatic carbocycles. The van der Waals surface area contributed by atoms with Crippen LogP contribution >= 0.6 is 34.5 Å². The van der Waals surface area contributed by atoms with E-state index in [4.69, 9.17) is 27.7 Å². The van der Waals surface area contributed by atoms with Crippen LogP contribution in [0.15, 0.2) is 22.7 Å². The van der Waals surface area contributed by atoms with Crippen LogP contribution in [0.1, 0.15) is 33.8 Å². The van der Waals surface area contributed by atoms with Gasteiger partial charge in [-0.2, -0.15) is 0 Å². The summed E-state index contributed by atoms with van der Waals surface area (Å²) in [5.74, 6) is 0.160. The summed E-state index contributed by atoms with van der Waals surface area (Å²) in [6.07, 6.45) is 3.97. The van der Waals surface area contributed by atoms with Crippen LogP contribution in [0.5, 0.6) is 0 Å². The molecule has 0 fully saturated rings. The van der Waals surface area contributed by atoms with Crippen LogP contribution in [0.3, 0.4) is 0 Å². The number of rotatable bonds is 2. The molecule has 3 aromatic rings. The number of amides is 1. The van der Waals surface area contributed by atoms with Gasteiger partial charge in [0.15, 0.2) is 0 Å². The molecule has 1 amide bonds. The van der Waals surface area contributed by atoms with Crippen LogP contribution in [0.4, 0.5) is 5.88 Å². The van der Waals surface area contributed by atoms with Crippen molar-refractivity contribution in [2.45, 2.75) is 25.7 Å². The molecule has 118 valence electrons. The van der Waals surface area contributed by atoms with E-state index in [1.54, 1.807) is 12.1 Å². The minimum absolute atomic E-state index is 0.281. The zero-order valence-corrected chi connectivity index (χ0v) is 14.3. The van der Waals surface area contributed by atoms with Gasteiger partial charge in [-0.25, -0.2) is 0 Å². The first kappa shape index (κ1) is 15.0. The summed E-state index contributed by atoms with van der Waals surface area (Å²) in [7, 11) is 0. The smallest absolute Gasteiger partial charge is 0.269 e. The predicted molar refractivity (Wildman–Crippen MR) is 92.9 cm³/mol. The van der Waals surface area contributed by atoms with E-state index in [9.17, 15) is 4.79 Å². The second-order valence-electron chi connectivity index (χ2n) is 5.48. The van der Waals surface area contributed by atoms with Crippen LogP contribution in [0, 0.1) is 0 Å². The Bertz CT molecular complexity index is 916. The number of benzene rings is 1. The summed E-state index contributed by atoms with van der Waals surface area (Å²) in [5.41, 5.74) is 1.95. The molecule has 0 spiro atoms. The Kier molecular flexibility index (Phi) is 3.79. The van der Waals surface area contributed by atoms with Crippen molar-refractivity contribution in [2.75, 3.05) is 5.32 Å². The molecule has 0 unspecified atom stereocenters. The lowest BCUT2D eigenvalue weighted by Gasteiger charge is -2.09. The topological polar surface area (TPSA) is 55.1 Å². The molecule has 1 aromatic carbocycles. The predicted octanol–water partition coefficient (Wildman–Crippen LogP) is 5.33. The molecule has 1 aliphatic rings. The van der Waals surface area contributed by atoms with Crippen molar-refractivity contribution in [3.63, 3.8) is 0 Å². The number of thiophene rings is 1. The molecule has 0 radical (unpaired) electrons. The highest BCUT2D eigenvalue weighted by Gasteiger charge is 2.23. The van der Waals surface area contributed by atoms with E-state index in [1.807, 2.05) is 6.07 Å². The Morgan fingerprint density at radius 1 is 1.26 bits per heavy atom. The highest BCUT2D eigenvalue weighted by Crippen LogP contribution is 2.37. The third-order valence-corrected chi connectivity index (χ3v) is 5.88. The number of aromatic nitrogens is 1. The van der Waals surface area contributed by atoms with Crippen molar-refractivity contribution in [1.82, 2.24) is 5.16 Å². The molecule has 7 heteroatoms. The molecule has 2 aromatic heterocycles. The highest BCUT2D eigenvalue weighted by molar-refractivity contribution is 7.21. The number of hydrogen-bond acceptors (Lipinski definition) is 4. The Morgan fingerprint density at radius 3 is 2.96 bits per heavy atom. The number of carbonyl (C=O) groups is 1. The van der Waals surface area contributed by atoms with Gasteiger partial charge in [-0.3, -0.25) is 10.1 Å². The Labute approximate surface area is 146 Å². The van der Waals surface area contributed by atoms with Gasteiger partial charge in [0.2, 0.25) is 5.88 Å². The lowest BCUT2D eigenvalue weighted by Crippen LogP contribution is -2.12. The van der Waals surface area contributed by atoms with E-state index in [-0.39, 0.29) is 5.91 Å². The first-order valence-corrected chi connectivity index (χ1v) is 8.87. The molecule has 4 rings (SSSR count). The third kappa shape index (κ3) is 2.63. The number of carbonyl (C=O) groups excluding carboxylic acids is 1. The van der Waals surface area contributed by atoms with Crippen LogP contribution in [-0.4, -0.2) is 11.1 Å². The second kappa shape index (κ2) is 5.82. The molecule has 0 bridgehead atoms. The van der Waals surface area contributed by atoms with E-state index in [0.29, 0.717) is 20.8 Å². The van der Waals surface area contributed by atoms with Crippen LogP contribution in [0.2, 0.25) is 10.0 Å². The fraction of sp³-hybridized carbons (Fsp3) is 0.250. The van der Waals surface area contributed by atoms with E-state index in [1.165, 1.54) is 11.3 Å². The van der Waals surface area contributed by atoms with E-state index in [2.05, 4.69) is 10.5 Å². The van der Waals surface area contributed by atoms with Gasteiger partial charge in [-0.05, 0) is 37.8 Å². The number of fused-ring (bicyclic) bond motifs is 2. The summed E-state index contributed by atoms with van der Waals surface area (Å²) >= 11 is 13.7. The van der Waals surface area contributed by atoms with Crippen molar-refractivity contribution in [3.8, 4) is 0 Å². The largest absolute Gasteiger partial charge is 0.338 e. The van der Waals surface area contributed by atoms with Gasteiger partial charge in [0, 0.05) is 20.7 Å². The normalized spacial score (nSPS) is 14.0. The quantitative estimate of drug-likeness (QED) is 0.666. The fourth-order valence-corrected chi connectivity index (χ4v) is 4.52. The molecule has 0 saturated heterocycles. The van der Waals surface area contributed by atoms with Gasteiger partial charge < -0.3 is 4.52 Å². The summed E-state index contributed by atoms with van der Waals surface area (Å²) in [4.78, 5) is 13.0. The SMILES string of the molecule is O=C(Nc1onc2c1CCCC2)c1sc2cc(Cl)ccc2c1Cl. The lowest BCUT2D eigenvalue weighted by atomic mass is 9.98. The molecule has 0 saturated carbocycles. The Balaban J connectivity index is 1.67. The maximum atomic E-state index is 12.6. The fourth-order valence-electron chi connectivity index (χ4n) is 2.83. The summed E-state index contributed by atoms with van der Waals surface area (Å²) in [5, 5.41) is 8.73. The monoisotopic (exact) mass is 366 g/mol. The summed E-state index contributed by atoms with van der Waals surface area (Å²) in [6, 6.07) is 5.39. The Morgan fingerprint density at radius 2 is 2.09 bits per heavy atom. The van der Waals surface area contributed by atoms with Gasteiger partial charge >= 0.3 is 0 Å². The molecule has 1 N–H and O–H groups in total. The lowest BCUT2D eigenvalue weighted by molar-refractivity contribution is 0.102. The van der Waals surface area contributed by atoms with Gasteiger partial charge in [0.1, 0.15) is 4.88 Å². The number of nitrogens with zero attached hydrogens (tertiary/aromatic N) is 1. The third-order valence-electron chi connectivity index (χ3n) is 3.98. The molecule has 0 aliphatic heterocycles. The number of aryl methyl sites for hydroxylation is 1. The van der Waals surface area contributed by atoms with Gasteiger partial charge in [-0.1, -0.05) is 34.4 Å². The van der Waals surface area contributed by atoms with Crippen LogP contribution < -0.4 is 5.32 Å². The van der Waals surface area contributed by atoms with E-state index < -0.39 is 0 Å². The molecule has 23 heavy (non-hydrogen) atoms. The van der Waals surface area contributed by atoms with Crippen molar-refractivity contribution in [1.29, 1.82) is 0 Å². The minimum atomic E-state index is -0.281. The molecule has 2 heterocycles. The average Bonchev–Trinajstić information content (AvgIpc) is 3.09. The molecule has 4 nitrogen and oxygen atoms in total. The first-order chi connectivity index (χ1) is 11.1. The van der Waals surface area contributed by atoms with E-state index >= 15 is 0 Å². The van der Waals surface area contributed by atoms with Crippen LogP contribution in [0.25, 0.3) is 10.1 Å². The van der Waals surface area contributed by atoms with Crippen LogP contribution in [-0.2, 0) is 12.8 Å². The van der Waals surface area contributed by atoms with Crippen molar-refractivity contribution in [2.24, 2.45) is 0 Å². The van der Waals surface area contributed by atoms with Gasteiger partial charge in [0.25, 0.3) is 5.91 Å². The van der Waals surface area contributed by atoms with Crippen molar-refractivity contribution in [3.05, 3.63) is 44.4 Å². The van der Waals surface area contributed by atoms with Crippen molar-refractivity contribution >= 4 is 56.4 Å². The number of halogens is 2. The number of hydrogen-bond donors (Lipinski definition) is 1. The maximum absolute atomic E-state index is 12.6. The first-order valence-electron chi connectivity index (χ1n) is 7.30. The number of anilines is 1. The maximum Gasteiger partial charge on any atom is 0.269 e. The molecule has 0 atom stereocenters. The summed E-state index contributed by atoms with van der Waals surface area (Å²) < 4.78 is 6.18. The standard InChI is InChI=1S/C16H12Cl2N2O2S/c17-8-5-6-10-12(7-8)23-14(13(10)18)15(21)19-16-9-3-1-2-4-11(9)20-22-16/h5-7H,1-4H2,(H,19,21). The van der Waals surface area contributed by atoms with Gasteiger partial charge in [-0.15, -0.1) is 11.3 Å². The highest BCUT2D eigenvalue weighted by atomic mass is 35.5. The summed E-state index contributed by atoms with van der Waals surface area (Å²) in [6.45, 7) is 0. The van der Waals surface area contributed by atoms with E-state index in [0.717, 1.165) is 47.0 Å². The zero-order valence-electron chi connectivity index (χ0n) is 12.0. The molecular formula is C16H12Cl2N2O2S. The molecular weight excluding hydrogens is 355 g/mol. The number of nitrogens with one attached hydrogen (secondary N) is 1. The zero-order chi connectivity index (χ0) is 16.0. The van der Waals surface area contributed by atoms with Gasteiger partial charge in [0.05, 0.1) is 10.7 Å². The minimum Gasteiger partial charge on any atom is -0.338 e. The van der Waals surface area contributed by atoms with Crippen molar-refractivity contribution < 1.29 is 9.32 Å².